The lowest BCUT2D eigenvalue weighted by molar-refractivity contribution is -0.105. The second kappa shape index (κ2) is 9.64. The molecular formula is C32H30O5. The van der Waals surface area contributed by atoms with Crippen molar-refractivity contribution in [1.29, 1.82) is 0 Å². The van der Waals surface area contributed by atoms with E-state index in [1.165, 1.54) is 18.4 Å². The first-order valence-corrected chi connectivity index (χ1v) is 13.4. The fourth-order valence-corrected chi connectivity index (χ4v) is 5.57. The number of ether oxygens (including phenoxy) is 4. The molecule has 3 aromatic carbocycles. The van der Waals surface area contributed by atoms with Crippen LogP contribution in [0.4, 0.5) is 0 Å². The van der Waals surface area contributed by atoms with E-state index in [4.69, 9.17) is 23.4 Å². The Balaban J connectivity index is 1.30. The van der Waals surface area contributed by atoms with E-state index in [0.717, 1.165) is 94.9 Å². The Bertz CT molecular complexity index is 1460. The number of hydrogen-bond acceptors (Lipinski definition) is 5. The van der Waals surface area contributed by atoms with E-state index in [-0.39, 0.29) is 13.1 Å². The molecule has 0 radical (unpaired) electrons. The maximum atomic E-state index is 6.55. The lowest BCUT2D eigenvalue weighted by Crippen LogP contribution is -2.24. The van der Waals surface area contributed by atoms with Crippen LogP contribution in [0.25, 0.3) is 38.8 Å². The quantitative estimate of drug-likeness (QED) is 0.279. The first-order chi connectivity index (χ1) is 18.3. The van der Waals surface area contributed by atoms with Crippen LogP contribution in [0, 0.1) is 0 Å². The van der Waals surface area contributed by atoms with Crippen molar-refractivity contribution in [3.8, 4) is 39.5 Å². The van der Waals surface area contributed by atoms with Gasteiger partial charge in [-0.2, -0.15) is 0 Å². The molecule has 2 aliphatic heterocycles. The standard InChI is InChI=1S/C32H30O5/c1-2-6-22(7-3-1)32-31(21-9-13-25(14-10-21)36-30-8-4-5-17-33-30)26-18-23(11-15-27(26)37-32)24-12-16-28-29(19-24)35-20-34-28/h6,9-16,18-19,30H,1-5,7-8,17,20H2. The van der Waals surface area contributed by atoms with Crippen molar-refractivity contribution in [3.05, 3.63) is 72.5 Å². The smallest absolute Gasteiger partial charge is 0.231 e. The summed E-state index contributed by atoms with van der Waals surface area (Å²) < 4.78 is 29.5. The summed E-state index contributed by atoms with van der Waals surface area (Å²) in [6.45, 7) is 1.04. The van der Waals surface area contributed by atoms with Gasteiger partial charge in [0.25, 0.3) is 0 Å². The number of furan rings is 1. The molecule has 1 unspecified atom stereocenters. The van der Waals surface area contributed by atoms with Gasteiger partial charge < -0.3 is 23.4 Å². The van der Waals surface area contributed by atoms with E-state index in [1.54, 1.807) is 0 Å². The highest BCUT2D eigenvalue weighted by Crippen LogP contribution is 2.44. The van der Waals surface area contributed by atoms with E-state index in [1.807, 2.05) is 24.3 Å². The summed E-state index contributed by atoms with van der Waals surface area (Å²) in [7, 11) is 0. The molecule has 4 aromatic rings. The molecule has 7 rings (SSSR count). The number of rotatable bonds is 5. The maximum Gasteiger partial charge on any atom is 0.231 e. The summed E-state index contributed by atoms with van der Waals surface area (Å²) in [5, 5.41) is 1.11. The number of benzene rings is 3. The molecule has 5 nitrogen and oxygen atoms in total. The topological polar surface area (TPSA) is 50.1 Å². The first-order valence-electron chi connectivity index (χ1n) is 13.4. The fourth-order valence-electron chi connectivity index (χ4n) is 5.57. The summed E-state index contributed by atoms with van der Waals surface area (Å²) in [4.78, 5) is 0. The summed E-state index contributed by atoms with van der Waals surface area (Å²) in [6, 6.07) is 20.9. The first kappa shape index (κ1) is 22.5. The van der Waals surface area contributed by atoms with Crippen LogP contribution >= 0.6 is 0 Å². The van der Waals surface area contributed by atoms with Gasteiger partial charge in [-0.25, -0.2) is 0 Å². The summed E-state index contributed by atoms with van der Waals surface area (Å²) >= 11 is 0. The lowest BCUT2D eigenvalue weighted by Gasteiger charge is -2.23. The molecule has 5 heteroatoms. The highest BCUT2D eigenvalue weighted by molar-refractivity contribution is 6.01. The lowest BCUT2D eigenvalue weighted by atomic mass is 9.92. The van der Waals surface area contributed by atoms with E-state index in [9.17, 15) is 0 Å². The van der Waals surface area contributed by atoms with E-state index >= 15 is 0 Å². The molecule has 1 fully saturated rings. The highest BCUT2D eigenvalue weighted by atomic mass is 16.7. The third-order valence-electron chi connectivity index (χ3n) is 7.52. The molecule has 0 bridgehead atoms. The third-order valence-corrected chi connectivity index (χ3v) is 7.52. The van der Waals surface area contributed by atoms with Crippen molar-refractivity contribution in [1.82, 2.24) is 0 Å². The Morgan fingerprint density at radius 2 is 1.59 bits per heavy atom. The zero-order valence-corrected chi connectivity index (χ0v) is 20.8. The number of fused-ring (bicyclic) bond motifs is 2. The SMILES string of the molecule is C1=C(c2oc3ccc(-c4ccc5c(c4)OCO5)cc3c2-c2ccc(OC3CCCCO3)cc2)CCCC1. The molecule has 188 valence electrons. The van der Waals surface area contributed by atoms with Crippen molar-refractivity contribution in [2.45, 2.75) is 51.2 Å². The van der Waals surface area contributed by atoms with Crippen LogP contribution in [0.1, 0.15) is 50.7 Å². The molecule has 1 aliphatic carbocycles. The van der Waals surface area contributed by atoms with E-state index < -0.39 is 0 Å². The maximum absolute atomic E-state index is 6.55. The largest absolute Gasteiger partial charge is 0.465 e. The normalized spacial score (nSPS) is 19.1. The van der Waals surface area contributed by atoms with Crippen LogP contribution in [0.2, 0.25) is 0 Å². The van der Waals surface area contributed by atoms with Crippen molar-refractivity contribution in [3.63, 3.8) is 0 Å². The molecule has 1 aromatic heterocycles. The van der Waals surface area contributed by atoms with Gasteiger partial charge in [-0.3, -0.25) is 0 Å². The summed E-state index contributed by atoms with van der Waals surface area (Å²) in [5.74, 6) is 3.40. The van der Waals surface area contributed by atoms with E-state index in [2.05, 4.69) is 42.5 Å². The molecule has 0 saturated carbocycles. The van der Waals surface area contributed by atoms with E-state index in [0.29, 0.717) is 0 Å². The Kier molecular flexibility index (Phi) is 5.86. The van der Waals surface area contributed by atoms with Gasteiger partial charge in [0.15, 0.2) is 17.8 Å². The molecule has 0 N–H and O–H groups in total. The highest BCUT2D eigenvalue weighted by Gasteiger charge is 2.22. The van der Waals surface area contributed by atoms with Gasteiger partial charge in [-0.1, -0.05) is 30.3 Å². The molecular weight excluding hydrogens is 464 g/mol. The van der Waals surface area contributed by atoms with Crippen LogP contribution in [-0.4, -0.2) is 19.7 Å². The number of allylic oxidation sites excluding steroid dienone is 2. The van der Waals surface area contributed by atoms with Crippen LogP contribution < -0.4 is 14.2 Å². The fraction of sp³-hybridized carbons (Fsp3) is 0.312. The van der Waals surface area contributed by atoms with Gasteiger partial charge in [-0.05, 0) is 97.2 Å². The molecule has 0 amide bonds. The molecule has 1 saturated heterocycles. The Morgan fingerprint density at radius 3 is 2.43 bits per heavy atom. The molecule has 37 heavy (non-hydrogen) atoms. The summed E-state index contributed by atoms with van der Waals surface area (Å²) in [5.41, 5.74) is 6.68. The minimum absolute atomic E-state index is 0.151. The van der Waals surface area contributed by atoms with Gasteiger partial charge in [0.1, 0.15) is 17.1 Å². The Labute approximate surface area is 216 Å². The Morgan fingerprint density at radius 1 is 0.757 bits per heavy atom. The van der Waals surface area contributed by atoms with Gasteiger partial charge >= 0.3 is 0 Å². The van der Waals surface area contributed by atoms with Gasteiger partial charge in [-0.15, -0.1) is 0 Å². The third kappa shape index (κ3) is 4.38. The van der Waals surface area contributed by atoms with Gasteiger partial charge in [0.05, 0.1) is 6.61 Å². The predicted octanol–water partition coefficient (Wildman–Crippen LogP) is 8.36. The minimum atomic E-state index is -0.151. The zero-order chi connectivity index (χ0) is 24.6. The number of hydrogen-bond donors (Lipinski definition) is 0. The van der Waals surface area contributed by atoms with Gasteiger partial charge in [0.2, 0.25) is 6.79 Å². The van der Waals surface area contributed by atoms with Crippen LogP contribution in [0.3, 0.4) is 0 Å². The van der Waals surface area contributed by atoms with Crippen molar-refractivity contribution in [2.24, 2.45) is 0 Å². The molecule has 1 atom stereocenters. The minimum Gasteiger partial charge on any atom is -0.465 e. The zero-order valence-electron chi connectivity index (χ0n) is 20.8. The van der Waals surface area contributed by atoms with Gasteiger partial charge in [0, 0.05) is 17.4 Å². The Hall–Kier alpha value is -3.70. The molecule has 0 spiro atoms. The monoisotopic (exact) mass is 494 g/mol. The molecule has 3 heterocycles. The second-order valence-corrected chi connectivity index (χ2v) is 10.00. The van der Waals surface area contributed by atoms with Crippen LogP contribution in [-0.2, 0) is 4.74 Å². The van der Waals surface area contributed by atoms with Crippen molar-refractivity contribution >= 4 is 16.5 Å². The van der Waals surface area contributed by atoms with Crippen LogP contribution in [0.5, 0.6) is 17.2 Å². The van der Waals surface area contributed by atoms with Crippen molar-refractivity contribution < 1.29 is 23.4 Å². The average Bonchev–Trinajstić information content (AvgIpc) is 3.58. The predicted molar refractivity (Wildman–Crippen MR) is 144 cm³/mol. The second-order valence-electron chi connectivity index (χ2n) is 10.00. The van der Waals surface area contributed by atoms with Crippen LogP contribution in [0.15, 0.2) is 71.2 Å². The van der Waals surface area contributed by atoms with Crippen molar-refractivity contribution in [2.75, 3.05) is 13.4 Å². The average molecular weight is 495 g/mol. The molecule has 3 aliphatic rings. The summed E-state index contributed by atoms with van der Waals surface area (Å²) in [6.07, 6.45) is 9.97.